The highest BCUT2D eigenvalue weighted by atomic mass is 127. The molecule has 0 aromatic rings. The third-order valence-electron chi connectivity index (χ3n) is 0.467. The van der Waals surface area contributed by atoms with Gasteiger partial charge >= 0.3 is 5.97 Å². The Kier molecular flexibility index (Phi) is 2.98. The van der Waals surface area contributed by atoms with Crippen LogP contribution in [0.2, 0.25) is 0 Å². The lowest BCUT2D eigenvalue weighted by atomic mass is 10.2. The largest absolute Gasteiger partial charge is 0.472 e. The van der Waals surface area contributed by atoms with Crippen LogP contribution in [0.1, 0.15) is 13.8 Å². The Hall–Kier alpha value is -0.240. The lowest BCUT2D eigenvalue weighted by Gasteiger charge is -2.02. The van der Waals surface area contributed by atoms with Gasteiger partial charge < -0.3 is 5.11 Å². The fourth-order valence-electron chi connectivity index (χ4n) is 0.202. The fourth-order valence-corrected chi connectivity index (χ4v) is 0.337. The first-order valence-electron chi connectivity index (χ1n) is 2.37. The van der Waals surface area contributed by atoms with Crippen molar-refractivity contribution in [3.05, 3.63) is 0 Å². The molecular formula is C6H7IO2. The summed E-state index contributed by atoms with van der Waals surface area (Å²) in [5.74, 6) is 3.53. The molecule has 2 nitrogen and oxygen atoms in total. The van der Waals surface area contributed by atoms with Crippen molar-refractivity contribution in [3.8, 4) is 11.8 Å². The molecule has 0 atom stereocenters. The van der Waals surface area contributed by atoms with E-state index in [-0.39, 0.29) is 3.42 Å². The first-order valence-corrected chi connectivity index (χ1v) is 3.45. The van der Waals surface area contributed by atoms with E-state index in [1.165, 1.54) is 0 Å². The smallest absolute Gasteiger partial charge is 0.381 e. The quantitative estimate of drug-likeness (QED) is 0.392. The Bertz CT molecular complexity index is 168. The molecule has 0 unspecified atom stereocenters. The van der Waals surface area contributed by atoms with Crippen molar-refractivity contribution in [1.82, 2.24) is 0 Å². The minimum absolute atomic E-state index is 0.240. The Morgan fingerprint density at radius 2 is 2.11 bits per heavy atom. The van der Waals surface area contributed by atoms with Crippen LogP contribution in [0.4, 0.5) is 0 Å². The van der Waals surface area contributed by atoms with Crippen LogP contribution in [0, 0.1) is 11.8 Å². The molecule has 50 valence electrons. The molecule has 0 aromatic carbocycles. The summed E-state index contributed by atoms with van der Waals surface area (Å²) in [6, 6.07) is 0. The van der Waals surface area contributed by atoms with E-state index in [0.29, 0.717) is 0 Å². The molecule has 0 saturated carbocycles. The zero-order valence-corrected chi connectivity index (χ0v) is 7.39. The van der Waals surface area contributed by atoms with Gasteiger partial charge in [-0.3, -0.25) is 0 Å². The number of carboxylic acid groups (broad SMARTS) is 1. The first kappa shape index (κ1) is 8.76. The molecule has 0 aliphatic carbocycles. The van der Waals surface area contributed by atoms with E-state index in [2.05, 4.69) is 28.5 Å². The Morgan fingerprint density at radius 3 is 2.22 bits per heavy atom. The maximum absolute atomic E-state index is 9.87. The lowest BCUT2D eigenvalue weighted by molar-refractivity contribution is -0.130. The molecule has 0 aromatic heterocycles. The highest BCUT2D eigenvalue weighted by molar-refractivity contribution is 14.1. The maximum atomic E-state index is 9.87. The van der Waals surface area contributed by atoms with Crippen molar-refractivity contribution < 1.29 is 9.90 Å². The monoisotopic (exact) mass is 238 g/mol. The van der Waals surface area contributed by atoms with Gasteiger partial charge in [0.05, 0.1) is 3.42 Å². The average Bonchev–Trinajstić information content (AvgIpc) is 1.59. The Morgan fingerprint density at radius 1 is 1.67 bits per heavy atom. The van der Waals surface area contributed by atoms with Crippen LogP contribution in [-0.2, 0) is 4.79 Å². The van der Waals surface area contributed by atoms with Crippen LogP contribution in [-0.4, -0.2) is 14.5 Å². The highest BCUT2D eigenvalue weighted by Crippen LogP contribution is 2.13. The molecule has 0 saturated heterocycles. The van der Waals surface area contributed by atoms with Gasteiger partial charge in [0.2, 0.25) is 0 Å². The van der Waals surface area contributed by atoms with Crippen molar-refractivity contribution in [1.29, 1.82) is 0 Å². The van der Waals surface area contributed by atoms with E-state index in [1.807, 2.05) is 19.8 Å². The summed E-state index contributed by atoms with van der Waals surface area (Å²) in [6.45, 7) is 3.70. The van der Waals surface area contributed by atoms with Crippen LogP contribution in [0.15, 0.2) is 0 Å². The van der Waals surface area contributed by atoms with Crippen molar-refractivity contribution in [2.24, 2.45) is 0 Å². The van der Waals surface area contributed by atoms with Crippen LogP contribution in [0.3, 0.4) is 0 Å². The van der Waals surface area contributed by atoms with E-state index in [4.69, 9.17) is 5.11 Å². The van der Waals surface area contributed by atoms with Gasteiger partial charge in [0.1, 0.15) is 0 Å². The van der Waals surface area contributed by atoms with Crippen LogP contribution in [0.5, 0.6) is 0 Å². The third kappa shape index (κ3) is 7.76. The van der Waals surface area contributed by atoms with Gasteiger partial charge in [0.25, 0.3) is 0 Å². The molecule has 0 rings (SSSR count). The van der Waals surface area contributed by atoms with Gasteiger partial charge in [-0.25, -0.2) is 4.79 Å². The third-order valence-corrected chi connectivity index (χ3v) is 0.736. The van der Waals surface area contributed by atoms with Gasteiger partial charge in [-0.15, -0.1) is 0 Å². The minimum Gasteiger partial charge on any atom is -0.472 e. The zero-order valence-electron chi connectivity index (χ0n) is 5.23. The average molecular weight is 238 g/mol. The van der Waals surface area contributed by atoms with Gasteiger partial charge in [-0.2, -0.15) is 0 Å². The molecule has 3 heteroatoms. The number of hydrogen-bond donors (Lipinski definition) is 1. The molecule has 0 amide bonds. The molecule has 0 spiro atoms. The van der Waals surface area contributed by atoms with E-state index in [0.717, 1.165) is 0 Å². The standard InChI is InChI=1S/C6H7IO2/c1-6(2,7)4-3-5(8)9/h1-2H3,(H,8,9). The Labute approximate surface area is 67.8 Å². The van der Waals surface area contributed by atoms with E-state index in [9.17, 15) is 4.79 Å². The SMILES string of the molecule is CC(C)(I)C#CC(=O)O. The molecule has 0 radical (unpaired) electrons. The van der Waals surface area contributed by atoms with E-state index < -0.39 is 5.97 Å². The normalized spacial score (nSPS) is 9.67. The molecule has 9 heavy (non-hydrogen) atoms. The van der Waals surface area contributed by atoms with Crippen LogP contribution < -0.4 is 0 Å². The summed E-state index contributed by atoms with van der Waals surface area (Å²) in [5, 5.41) is 8.10. The summed E-state index contributed by atoms with van der Waals surface area (Å²) in [5.41, 5.74) is 0. The van der Waals surface area contributed by atoms with Crippen LogP contribution >= 0.6 is 22.6 Å². The van der Waals surface area contributed by atoms with Gasteiger partial charge in [-0.1, -0.05) is 28.5 Å². The molecule has 1 N–H and O–H groups in total. The van der Waals surface area contributed by atoms with Crippen molar-refractivity contribution >= 4 is 28.6 Å². The summed E-state index contributed by atoms with van der Waals surface area (Å²) >= 11 is 2.07. The van der Waals surface area contributed by atoms with Crippen molar-refractivity contribution in [2.45, 2.75) is 17.3 Å². The summed E-state index contributed by atoms with van der Waals surface area (Å²) in [6.07, 6.45) is 0. The number of carboxylic acids is 1. The van der Waals surface area contributed by atoms with Crippen molar-refractivity contribution in [3.63, 3.8) is 0 Å². The molecule has 0 heterocycles. The molecule has 0 bridgehead atoms. The second-order valence-corrected chi connectivity index (χ2v) is 4.72. The van der Waals surface area contributed by atoms with Crippen LogP contribution in [0.25, 0.3) is 0 Å². The Balaban J connectivity index is 4.04. The number of halogens is 1. The van der Waals surface area contributed by atoms with Crippen molar-refractivity contribution in [2.75, 3.05) is 0 Å². The predicted molar refractivity (Wildman–Crippen MR) is 43.5 cm³/mol. The number of aliphatic carboxylic acids is 1. The molecule has 0 aliphatic rings. The van der Waals surface area contributed by atoms with Gasteiger partial charge in [-0.05, 0) is 13.8 Å². The lowest BCUT2D eigenvalue weighted by Crippen LogP contribution is -2.04. The minimum atomic E-state index is -1.07. The van der Waals surface area contributed by atoms with Gasteiger partial charge in [0, 0.05) is 5.92 Å². The number of carbonyl (C=O) groups is 1. The second-order valence-electron chi connectivity index (χ2n) is 2.03. The first-order chi connectivity index (χ1) is 3.92. The number of rotatable bonds is 0. The molecular weight excluding hydrogens is 231 g/mol. The van der Waals surface area contributed by atoms with E-state index in [1.54, 1.807) is 0 Å². The topological polar surface area (TPSA) is 37.3 Å². The second kappa shape index (κ2) is 3.06. The molecule has 0 aliphatic heterocycles. The highest BCUT2D eigenvalue weighted by Gasteiger charge is 2.06. The summed E-state index contributed by atoms with van der Waals surface area (Å²) in [4.78, 5) is 9.87. The number of hydrogen-bond acceptors (Lipinski definition) is 1. The molecule has 0 fully saturated rings. The maximum Gasteiger partial charge on any atom is 0.381 e. The number of alkyl halides is 1. The fraction of sp³-hybridized carbons (Fsp3) is 0.500. The van der Waals surface area contributed by atoms with Gasteiger partial charge in [0.15, 0.2) is 0 Å². The summed E-state index contributed by atoms with van der Waals surface area (Å²) < 4.78 is -0.240. The van der Waals surface area contributed by atoms with E-state index >= 15 is 0 Å². The summed E-state index contributed by atoms with van der Waals surface area (Å²) in [7, 11) is 0. The predicted octanol–water partition coefficient (Wildman–Crippen LogP) is 1.29. The zero-order chi connectivity index (χ0) is 7.49.